The van der Waals surface area contributed by atoms with Crippen molar-refractivity contribution in [2.24, 2.45) is 0 Å². The summed E-state index contributed by atoms with van der Waals surface area (Å²) in [6, 6.07) is 10.9. The van der Waals surface area contributed by atoms with Crippen molar-refractivity contribution in [1.82, 2.24) is 4.90 Å². The molecule has 2 aromatic carbocycles. The molecule has 1 aliphatic carbocycles. The molecule has 0 radical (unpaired) electrons. The molecule has 0 spiro atoms. The molecule has 25 heavy (non-hydrogen) atoms. The van der Waals surface area contributed by atoms with Gasteiger partial charge >= 0.3 is 0 Å². The van der Waals surface area contributed by atoms with Gasteiger partial charge in [-0.25, -0.2) is 4.39 Å². The third kappa shape index (κ3) is 3.93. The highest BCUT2D eigenvalue weighted by atomic mass is 19.1. The number of carbonyl (C=O) groups excluding carboxylic acids is 1. The van der Waals surface area contributed by atoms with E-state index in [0.717, 1.165) is 12.8 Å². The molecule has 6 nitrogen and oxygen atoms in total. The summed E-state index contributed by atoms with van der Waals surface area (Å²) in [5.41, 5.74) is 0.879. The Morgan fingerprint density at radius 3 is 2.68 bits per heavy atom. The topological polar surface area (TPSA) is 75.5 Å². The molecular formula is C18H18FN3O3. The zero-order chi connectivity index (χ0) is 18.0. The van der Waals surface area contributed by atoms with Gasteiger partial charge in [0.25, 0.3) is 11.6 Å². The Balaban J connectivity index is 1.80. The SMILES string of the molecule is CN(Cc1ccccc1F)C(=O)c1ccc(NC2CC2)c([N+](=O)[O-])c1. The number of hydrogen-bond acceptors (Lipinski definition) is 4. The number of nitrogens with one attached hydrogen (secondary N) is 1. The smallest absolute Gasteiger partial charge is 0.293 e. The van der Waals surface area contributed by atoms with E-state index in [9.17, 15) is 19.3 Å². The average Bonchev–Trinajstić information content (AvgIpc) is 3.40. The highest BCUT2D eigenvalue weighted by Gasteiger charge is 2.26. The van der Waals surface area contributed by atoms with E-state index in [1.54, 1.807) is 30.3 Å². The summed E-state index contributed by atoms with van der Waals surface area (Å²) in [5.74, 6) is -0.790. The number of benzene rings is 2. The summed E-state index contributed by atoms with van der Waals surface area (Å²) < 4.78 is 13.7. The molecule has 0 bridgehead atoms. The zero-order valence-electron chi connectivity index (χ0n) is 13.7. The third-order valence-electron chi connectivity index (χ3n) is 4.09. The number of halogens is 1. The molecule has 130 valence electrons. The highest BCUT2D eigenvalue weighted by Crippen LogP contribution is 2.31. The van der Waals surface area contributed by atoms with Gasteiger partial charge in [-0.2, -0.15) is 0 Å². The summed E-state index contributed by atoms with van der Waals surface area (Å²) in [6.45, 7) is 0.0847. The van der Waals surface area contributed by atoms with Crippen molar-refractivity contribution in [1.29, 1.82) is 0 Å². The number of anilines is 1. The molecule has 7 heteroatoms. The molecule has 0 aliphatic heterocycles. The van der Waals surface area contributed by atoms with Gasteiger partial charge in [0, 0.05) is 36.8 Å². The van der Waals surface area contributed by atoms with Crippen molar-refractivity contribution in [3.63, 3.8) is 0 Å². The second-order valence-corrected chi connectivity index (χ2v) is 6.16. The lowest BCUT2D eigenvalue weighted by Crippen LogP contribution is -2.26. The number of nitrogens with zero attached hydrogens (tertiary/aromatic N) is 2. The van der Waals surface area contributed by atoms with Crippen LogP contribution < -0.4 is 5.32 Å². The first-order valence-electron chi connectivity index (χ1n) is 7.99. The van der Waals surface area contributed by atoms with E-state index in [1.807, 2.05) is 0 Å². The lowest BCUT2D eigenvalue weighted by molar-refractivity contribution is -0.384. The van der Waals surface area contributed by atoms with Gasteiger partial charge in [0.05, 0.1) is 4.92 Å². The van der Waals surface area contributed by atoms with Crippen LogP contribution in [0.4, 0.5) is 15.8 Å². The largest absolute Gasteiger partial charge is 0.377 e. The van der Waals surface area contributed by atoms with E-state index >= 15 is 0 Å². The Morgan fingerprint density at radius 2 is 2.04 bits per heavy atom. The van der Waals surface area contributed by atoms with Crippen LogP contribution in [0.1, 0.15) is 28.8 Å². The predicted octanol–water partition coefficient (Wildman–Crippen LogP) is 3.58. The van der Waals surface area contributed by atoms with Crippen LogP contribution >= 0.6 is 0 Å². The van der Waals surface area contributed by atoms with Crippen molar-refractivity contribution in [3.05, 3.63) is 69.5 Å². The van der Waals surface area contributed by atoms with E-state index in [-0.39, 0.29) is 23.8 Å². The molecule has 0 aromatic heterocycles. The lowest BCUT2D eigenvalue weighted by Gasteiger charge is -2.18. The van der Waals surface area contributed by atoms with Crippen LogP contribution in [0.3, 0.4) is 0 Å². The van der Waals surface area contributed by atoms with Gasteiger partial charge in [-0.1, -0.05) is 18.2 Å². The minimum Gasteiger partial charge on any atom is -0.377 e. The Morgan fingerprint density at radius 1 is 1.32 bits per heavy atom. The van der Waals surface area contributed by atoms with Crippen LogP contribution in [-0.4, -0.2) is 28.8 Å². The van der Waals surface area contributed by atoms with Gasteiger partial charge in [0.15, 0.2) is 0 Å². The number of hydrogen-bond donors (Lipinski definition) is 1. The summed E-state index contributed by atoms with van der Waals surface area (Å²) >= 11 is 0. The van der Waals surface area contributed by atoms with E-state index in [2.05, 4.69) is 5.32 Å². The second kappa shape index (κ2) is 6.88. The van der Waals surface area contributed by atoms with Crippen molar-refractivity contribution >= 4 is 17.3 Å². The first-order chi connectivity index (χ1) is 12.0. The summed E-state index contributed by atoms with van der Waals surface area (Å²) in [5, 5.41) is 14.4. The van der Waals surface area contributed by atoms with Gasteiger partial charge in [-0.05, 0) is 31.0 Å². The predicted molar refractivity (Wildman–Crippen MR) is 91.9 cm³/mol. The normalized spacial score (nSPS) is 13.4. The Hall–Kier alpha value is -2.96. The standard InChI is InChI=1S/C18H18FN3O3/c1-21(11-13-4-2-3-5-15(13)19)18(23)12-6-9-16(20-14-7-8-14)17(10-12)22(24)25/h2-6,9-10,14,20H,7-8,11H2,1H3. The van der Waals surface area contributed by atoms with Crippen molar-refractivity contribution in [2.45, 2.75) is 25.4 Å². The molecule has 0 saturated heterocycles. The van der Waals surface area contributed by atoms with Crippen LogP contribution in [0, 0.1) is 15.9 Å². The molecule has 1 aliphatic rings. The maximum Gasteiger partial charge on any atom is 0.293 e. The number of nitro groups is 1. The van der Waals surface area contributed by atoms with Crippen LogP contribution in [0.15, 0.2) is 42.5 Å². The quantitative estimate of drug-likeness (QED) is 0.642. The van der Waals surface area contributed by atoms with E-state index in [0.29, 0.717) is 11.3 Å². The fraction of sp³-hybridized carbons (Fsp3) is 0.278. The van der Waals surface area contributed by atoms with Crippen LogP contribution in [0.2, 0.25) is 0 Å². The van der Waals surface area contributed by atoms with Gasteiger partial charge in [0.1, 0.15) is 11.5 Å². The van der Waals surface area contributed by atoms with Crippen LogP contribution in [0.25, 0.3) is 0 Å². The molecule has 1 fully saturated rings. The van der Waals surface area contributed by atoms with Crippen molar-refractivity contribution in [3.8, 4) is 0 Å². The first-order valence-corrected chi connectivity index (χ1v) is 7.99. The molecule has 1 amide bonds. The Labute approximate surface area is 144 Å². The van der Waals surface area contributed by atoms with Crippen LogP contribution in [0.5, 0.6) is 0 Å². The number of carbonyl (C=O) groups is 1. The fourth-order valence-corrected chi connectivity index (χ4v) is 2.56. The summed E-state index contributed by atoms with van der Waals surface area (Å²) in [6.07, 6.45) is 1.98. The minimum atomic E-state index is -0.502. The number of nitro benzene ring substituents is 1. The van der Waals surface area contributed by atoms with E-state index in [1.165, 1.54) is 24.1 Å². The molecule has 3 rings (SSSR count). The summed E-state index contributed by atoms with van der Waals surface area (Å²) in [7, 11) is 1.54. The van der Waals surface area contributed by atoms with Gasteiger partial charge in [-0.3, -0.25) is 14.9 Å². The second-order valence-electron chi connectivity index (χ2n) is 6.16. The third-order valence-corrected chi connectivity index (χ3v) is 4.09. The van der Waals surface area contributed by atoms with Gasteiger partial charge < -0.3 is 10.2 Å². The molecule has 0 atom stereocenters. The number of rotatable bonds is 6. The molecular weight excluding hydrogens is 325 g/mol. The first kappa shape index (κ1) is 16.9. The molecule has 0 heterocycles. The zero-order valence-corrected chi connectivity index (χ0v) is 13.7. The molecule has 0 unspecified atom stereocenters. The van der Waals surface area contributed by atoms with Crippen molar-refractivity contribution < 1.29 is 14.1 Å². The minimum absolute atomic E-state index is 0.0847. The Kier molecular flexibility index (Phi) is 4.65. The number of amides is 1. The maximum atomic E-state index is 13.7. The summed E-state index contributed by atoms with van der Waals surface area (Å²) in [4.78, 5) is 24.7. The monoisotopic (exact) mass is 343 g/mol. The van der Waals surface area contributed by atoms with Crippen molar-refractivity contribution in [2.75, 3.05) is 12.4 Å². The lowest BCUT2D eigenvalue weighted by atomic mass is 10.1. The van der Waals surface area contributed by atoms with Gasteiger partial charge in [0.2, 0.25) is 0 Å². The fourth-order valence-electron chi connectivity index (χ4n) is 2.56. The molecule has 1 saturated carbocycles. The molecule has 2 aromatic rings. The van der Waals surface area contributed by atoms with E-state index < -0.39 is 16.6 Å². The van der Waals surface area contributed by atoms with Gasteiger partial charge in [-0.15, -0.1) is 0 Å². The average molecular weight is 343 g/mol. The molecule has 1 N–H and O–H groups in total. The Bertz CT molecular complexity index is 821. The maximum absolute atomic E-state index is 13.7. The van der Waals surface area contributed by atoms with Crippen LogP contribution in [-0.2, 0) is 6.54 Å². The van der Waals surface area contributed by atoms with E-state index in [4.69, 9.17) is 0 Å². The highest BCUT2D eigenvalue weighted by molar-refractivity contribution is 5.95.